The SMILES string of the molecule is C=C1C2=C(C[C@@]3(C)[C@H](O)C[C@@H](C(C)C)[C@@H]3C2)[C@@H](C)CC[C@@H]2[C@@H]1CC[C@@H]2C. The van der Waals surface area contributed by atoms with Crippen molar-refractivity contribution in [1.82, 2.24) is 0 Å². The van der Waals surface area contributed by atoms with Gasteiger partial charge in [0, 0.05) is 5.41 Å². The van der Waals surface area contributed by atoms with Crippen molar-refractivity contribution in [3.8, 4) is 0 Å². The van der Waals surface area contributed by atoms with E-state index in [-0.39, 0.29) is 11.5 Å². The van der Waals surface area contributed by atoms with Crippen molar-refractivity contribution in [1.29, 1.82) is 0 Å². The molecule has 0 aliphatic heterocycles. The Morgan fingerprint density at radius 1 is 1.12 bits per heavy atom. The third kappa shape index (κ3) is 2.67. The van der Waals surface area contributed by atoms with Crippen molar-refractivity contribution in [2.45, 2.75) is 85.7 Å². The van der Waals surface area contributed by atoms with Crippen molar-refractivity contribution < 1.29 is 5.11 Å². The second kappa shape index (κ2) is 6.50. The van der Waals surface area contributed by atoms with E-state index in [2.05, 4.69) is 34.6 Å². The molecule has 0 radical (unpaired) electrons. The van der Waals surface area contributed by atoms with Crippen molar-refractivity contribution in [3.05, 3.63) is 23.3 Å². The van der Waals surface area contributed by atoms with Gasteiger partial charge in [-0.25, -0.2) is 0 Å². The summed E-state index contributed by atoms with van der Waals surface area (Å²) in [5.41, 5.74) is 4.93. The van der Waals surface area contributed by atoms with Crippen LogP contribution in [0.5, 0.6) is 0 Å². The molecule has 2 fully saturated rings. The molecule has 0 unspecified atom stereocenters. The lowest BCUT2D eigenvalue weighted by molar-refractivity contribution is 0.0285. The molecule has 0 amide bonds. The highest BCUT2D eigenvalue weighted by Gasteiger charge is 2.55. The lowest BCUT2D eigenvalue weighted by atomic mass is 9.59. The highest BCUT2D eigenvalue weighted by molar-refractivity contribution is 5.41. The van der Waals surface area contributed by atoms with E-state index in [1.165, 1.54) is 37.7 Å². The van der Waals surface area contributed by atoms with E-state index in [0.29, 0.717) is 23.7 Å². The summed E-state index contributed by atoms with van der Waals surface area (Å²) in [6.07, 6.45) is 8.63. The summed E-state index contributed by atoms with van der Waals surface area (Å²) >= 11 is 0. The van der Waals surface area contributed by atoms with Gasteiger partial charge in [0.05, 0.1) is 6.10 Å². The summed E-state index contributed by atoms with van der Waals surface area (Å²) < 4.78 is 0. The van der Waals surface area contributed by atoms with Crippen LogP contribution in [0, 0.1) is 46.8 Å². The average Bonchev–Trinajstić information content (AvgIpc) is 3.07. The van der Waals surface area contributed by atoms with Crippen LogP contribution in [0.2, 0.25) is 0 Å². The molecular weight excluding hydrogens is 316 g/mol. The first kappa shape index (κ1) is 18.8. The largest absolute Gasteiger partial charge is 0.393 e. The highest BCUT2D eigenvalue weighted by atomic mass is 16.3. The third-order valence-corrected chi connectivity index (χ3v) is 9.40. The monoisotopic (exact) mass is 356 g/mol. The van der Waals surface area contributed by atoms with E-state index in [4.69, 9.17) is 6.58 Å². The maximum atomic E-state index is 11.0. The lowest BCUT2D eigenvalue weighted by Gasteiger charge is -2.46. The van der Waals surface area contributed by atoms with Crippen LogP contribution < -0.4 is 0 Å². The topological polar surface area (TPSA) is 20.2 Å². The molecule has 0 aromatic carbocycles. The Morgan fingerprint density at radius 3 is 2.54 bits per heavy atom. The molecule has 1 nitrogen and oxygen atoms in total. The van der Waals surface area contributed by atoms with Gasteiger partial charge < -0.3 is 5.11 Å². The zero-order valence-electron chi connectivity index (χ0n) is 17.7. The predicted octanol–water partition coefficient (Wildman–Crippen LogP) is 6.38. The maximum absolute atomic E-state index is 11.0. The van der Waals surface area contributed by atoms with Gasteiger partial charge in [0.2, 0.25) is 0 Å². The Kier molecular flexibility index (Phi) is 4.70. The van der Waals surface area contributed by atoms with Gasteiger partial charge in [-0.3, -0.25) is 0 Å². The van der Waals surface area contributed by atoms with E-state index < -0.39 is 0 Å². The van der Waals surface area contributed by atoms with Crippen LogP contribution in [-0.2, 0) is 0 Å². The van der Waals surface area contributed by atoms with Gasteiger partial charge in [-0.15, -0.1) is 0 Å². The van der Waals surface area contributed by atoms with Crippen LogP contribution in [0.25, 0.3) is 0 Å². The first-order valence-electron chi connectivity index (χ1n) is 11.3. The van der Waals surface area contributed by atoms with Crippen molar-refractivity contribution in [2.75, 3.05) is 0 Å². The number of hydrogen-bond acceptors (Lipinski definition) is 1. The van der Waals surface area contributed by atoms with Gasteiger partial charge in [-0.2, -0.15) is 0 Å². The van der Waals surface area contributed by atoms with Gasteiger partial charge in [0.25, 0.3) is 0 Å². The average molecular weight is 357 g/mol. The molecule has 0 bridgehead atoms. The molecule has 8 atom stereocenters. The molecule has 4 aliphatic rings. The van der Waals surface area contributed by atoms with Gasteiger partial charge >= 0.3 is 0 Å². The minimum atomic E-state index is -0.126. The van der Waals surface area contributed by atoms with Crippen LogP contribution in [0.15, 0.2) is 23.3 Å². The summed E-state index contributed by atoms with van der Waals surface area (Å²) in [5, 5.41) is 11.0. The van der Waals surface area contributed by atoms with Gasteiger partial charge in [0.15, 0.2) is 0 Å². The Bertz CT molecular complexity index is 614. The maximum Gasteiger partial charge on any atom is 0.0602 e. The van der Waals surface area contributed by atoms with Crippen molar-refractivity contribution in [2.24, 2.45) is 46.8 Å². The molecule has 2 saturated carbocycles. The second-order valence-corrected chi connectivity index (χ2v) is 11.0. The van der Waals surface area contributed by atoms with Crippen LogP contribution >= 0.6 is 0 Å². The van der Waals surface area contributed by atoms with Gasteiger partial charge in [-0.1, -0.05) is 46.8 Å². The second-order valence-electron chi connectivity index (χ2n) is 11.0. The summed E-state index contributed by atoms with van der Waals surface area (Å²) in [7, 11) is 0. The summed E-state index contributed by atoms with van der Waals surface area (Å²) in [6, 6.07) is 0. The number of fused-ring (bicyclic) bond motifs is 2. The molecule has 26 heavy (non-hydrogen) atoms. The lowest BCUT2D eigenvalue weighted by Crippen LogP contribution is -2.39. The zero-order valence-corrected chi connectivity index (χ0v) is 17.7. The van der Waals surface area contributed by atoms with Crippen LogP contribution in [-0.4, -0.2) is 11.2 Å². The molecule has 0 aromatic heterocycles. The minimum absolute atomic E-state index is 0.0872. The number of aliphatic hydroxyl groups excluding tert-OH is 1. The summed E-state index contributed by atoms with van der Waals surface area (Å²) in [5.74, 6) is 5.10. The predicted molar refractivity (Wildman–Crippen MR) is 110 cm³/mol. The van der Waals surface area contributed by atoms with Crippen LogP contribution in [0.3, 0.4) is 0 Å². The Labute approximate surface area is 161 Å². The molecule has 1 N–H and O–H groups in total. The molecule has 0 spiro atoms. The number of hydrogen-bond donors (Lipinski definition) is 1. The van der Waals surface area contributed by atoms with Gasteiger partial charge in [-0.05, 0) is 97.5 Å². The molecule has 1 heteroatoms. The fraction of sp³-hybridized carbons (Fsp3) is 0.840. The Hall–Kier alpha value is -0.560. The van der Waals surface area contributed by atoms with E-state index >= 15 is 0 Å². The molecular formula is C25H40O. The van der Waals surface area contributed by atoms with Crippen molar-refractivity contribution in [3.63, 3.8) is 0 Å². The highest BCUT2D eigenvalue weighted by Crippen LogP contribution is 2.61. The molecule has 0 heterocycles. The normalized spacial score (nSPS) is 48.9. The summed E-state index contributed by atoms with van der Waals surface area (Å²) in [6.45, 7) is 16.7. The van der Waals surface area contributed by atoms with Gasteiger partial charge in [0.1, 0.15) is 0 Å². The van der Waals surface area contributed by atoms with E-state index in [1.807, 2.05) is 0 Å². The fourth-order valence-corrected chi connectivity index (χ4v) is 7.50. The summed E-state index contributed by atoms with van der Waals surface area (Å²) in [4.78, 5) is 0. The van der Waals surface area contributed by atoms with Crippen LogP contribution in [0.1, 0.15) is 79.6 Å². The number of rotatable bonds is 1. The van der Waals surface area contributed by atoms with Crippen LogP contribution in [0.4, 0.5) is 0 Å². The first-order valence-corrected chi connectivity index (χ1v) is 11.3. The number of aliphatic hydroxyl groups is 1. The number of allylic oxidation sites excluding steroid dienone is 3. The molecule has 146 valence electrons. The molecule has 0 aromatic rings. The molecule has 4 rings (SSSR count). The fourth-order valence-electron chi connectivity index (χ4n) is 7.50. The zero-order chi connectivity index (χ0) is 18.8. The quantitative estimate of drug-likeness (QED) is 0.577. The van der Waals surface area contributed by atoms with E-state index in [1.54, 1.807) is 11.1 Å². The third-order valence-electron chi connectivity index (χ3n) is 9.40. The first-order chi connectivity index (χ1) is 12.2. The standard InChI is InChI=1S/C25H40O/c1-14(2)20-12-24(26)25(6)13-22-16(4)7-9-18-15(3)8-10-19(18)17(5)21(22)11-23(20)25/h14-16,18-20,23-24,26H,5,7-13H2,1-4,6H3/t15-,16-,18-,19+,20-,23-,24+,25+/m0/s1. The van der Waals surface area contributed by atoms with E-state index in [9.17, 15) is 5.11 Å². The molecule has 0 saturated heterocycles. The van der Waals surface area contributed by atoms with E-state index in [0.717, 1.165) is 30.6 Å². The smallest absolute Gasteiger partial charge is 0.0602 e. The minimum Gasteiger partial charge on any atom is -0.393 e. The Balaban J connectivity index is 1.73. The van der Waals surface area contributed by atoms with Crippen molar-refractivity contribution >= 4 is 0 Å². The Morgan fingerprint density at radius 2 is 1.85 bits per heavy atom. The molecule has 4 aliphatic carbocycles.